The number of hydrogen-bond acceptors (Lipinski definition) is 0. The zero-order valence-electron chi connectivity index (χ0n) is 17.0. The molecule has 1 unspecified atom stereocenters. The van der Waals surface area contributed by atoms with Crippen LogP contribution < -0.4 is 15.9 Å². The first-order valence-corrected chi connectivity index (χ1v) is 13.8. The third-order valence-electron chi connectivity index (χ3n) is 5.20. The molecule has 0 N–H and O–H groups in total. The van der Waals surface area contributed by atoms with Gasteiger partial charge in [0.05, 0.1) is 0 Å². The maximum Gasteiger partial charge on any atom is -0.0195 e. The van der Waals surface area contributed by atoms with E-state index in [-0.39, 0.29) is 15.8 Å². The summed E-state index contributed by atoms with van der Waals surface area (Å²) in [6.45, 7) is 2.35. The molecule has 1 atom stereocenters. The molecule has 28 heavy (non-hydrogen) atoms. The molecular weight excluding hydrogens is 374 g/mol. The average Bonchev–Trinajstić information content (AvgIpc) is 2.78. The number of benzene rings is 3. The van der Waals surface area contributed by atoms with E-state index in [0.717, 1.165) is 0 Å². The third-order valence-corrected chi connectivity index (χ3v) is 10.5. The van der Waals surface area contributed by atoms with Gasteiger partial charge >= 0.3 is 0 Å². The Morgan fingerprint density at radius 2 is 0.929 bits per heavy atom. The molecule has 0 bridgehead atoms. The highest BCUT2D eigenvalue weighted by molar-refractivity contribution is 7.73. The zero-order valence-corrected chi connectivity index (χ0v) is 18.8. The molecule has 0 saturated heterocycles. The van der Waals surface area contributed by atoms with Crippen LogP contribution in [0.15, 0.2) is 91.0 Å². The van der Waals surface area contributed by atoms with Crippen molar-refractivity contribution < 1.29 is 0 Å². The summed E-state index contributed by atoms with van der Waals surface area (Å²) in [4.78, 5) is 0. The fourth-order valence-electron chi connectivity index (χ4n) is 3.66. The lowest BCUT2D eigenvalue weighted by Crippen LogP contribution is -2.13. The van der Waals surface area contributed by atoms with Crippen LogP contribution in [0, 0.1) is 0 Å². The van der Waals surface area contributed by atoms with E-state index >= 15 is 0 Å². The van der Waals surface area contributed by atoms with Gasteiger partial charge < -0.3 is 0 Å². The van der Waals surface area contributed by atoms with Gasteiger partial charge in [-0.05, 0) is 55.2 Å². The molecule has 0 saturated carbocycles. The monoisotopic (exact) mass is 406 g/mol. The Kier molecular flexibility index (Phi) is 9.22. The Labute approximate surface area is 173 Å². The molecule has 0 fully saturated rings. The quantitative estimate of drug-likeness (QED) is 0.252. The Bertz CT molecular complexity index is 732. The lowest BCUT2D eigenvalue weighted by molar-refractivity contribution is 0.708. The van der Waals surface area contributed by atoms with Crippen molar-refractivity contribution >= 4 is 31.8 Å². The predicted molar refractivity (Wildman–Crippen MR) is 131 cm³/mol. The smallest absolute Gasteiger partial charge is 0.0195 e. The van der Waals surface area contributed by atoms with Crippen LogP contribution in [0.5, 0.6) is 0 Å². The summed E-state index contributed by atoms with van der Waals surface area (Å²) in [6, 6.07) is 33.4. The van der Waals surface area contributed by atoms with Crippen molar-refractivity contribution in [1.82, 2.24) is 0 Å². The number of unbranched alkanes of at least 4 members (excludes halogenated alkanes) is 3. The first kappa shape index (κ1) is 21.2. The Morgan fingerprint density at radius 1 is 0.500 bits per heavy atom. The van der Waals surface area contributed by atoms with E-state index in [4.69, 9.17) is 0 Å². The largest absolute Gasteiger partial charge is 0.0756 e. The molecule has 0 amide bonds. The molecule has 0 spiro atoms. The second kappa shape index (κ2) is 12.2. The van der Waals surface area contributed by atoms with Crippen LogP contribution in [0.4, 0.5) is 0 Å². The molecule has 3 aromatic rings. The van der Waals surface area contributed by atoms with E-state index in [9.17, 15) is 0 Å². The normalized spacial score (nSPS) is 12.2. The minimum Gasteiger partial charge on any atom is -0.0756 e. The maximum atomic E-state index is 2.35. The highest BCUT2D eigenvalue weighted by Crippen LogP contribution is 2.36. The summed E-state index contributed by atoms with van der Waals surface area (Å²) < 4.78 is 0. The first-order chi connectivity index (χ1) is 13.9. The van der Waals surface area contributed by atoms with Crippen LogP contribution in [0.1, 0.15) is 32.6 Å². The van der Waals surface area contributed by atoms with Gasteiger partial charge in [0.1, 0.15) is 0 Å². The van der Waals surface area contributed by atoms with Crippen molar-refractivity contribution in [3.8, 4) is 0 Å². The van der Waals surface area contributed by atoms with Crippen LogP contribution in [0.3, 0.4) is 0 Å². The summed E-state index contributed by atoms with van der Waals surface area (Å²) in [6.07, 6.45) is 9.46. The van der Waals surface area contributed by atoms with Crippen molar-refractivity contribution in [1.29, 1.82) is 0 Å². The highest BCUT2D eigenvalue weighted by atomic mass is 31.1. The lowest BCUT2D eigenvalue weighted by Gasteiger charge is -2.19. The number of rotatable bonds is 11. The van der Waals surface area contributed by atoms with Gasteiger partial charge in [0, 0.05) is 0 Å². The SMILES string of the molecule is CCP(CCCCCCP(c1ccccc1)c1ccccc1)c1ccccc1. The molecule has 146 valence electrons. The van der Waals surface area contributed by atoms with E-state index in [1.807, 2.05) is 0 Å². The minimum atomic E-state index is -0.219. The van der Waals surface area contributed by atoms with Crippen molar-refractivity contribution in [2.45, 2.75) is 32.6 Å². The maximum absolute atomic E-state index is 2.35. The second-order valence-corrected chi connectivity index (χ2v) is 12.2. The van der Waals surface area contributed by atoms with Crippen LogP contribution in [-0.4, -0.2) is 18.5 Å². The van der Waals surface area contributed by atoms with E-state index in [2.05, 4.69) is 97.9 Å². The van der Waals surface area contributed by atoms with Gasteiger partial charge in [-0.1, -0.05) is 119 Å². The van der Waals surface area contributed by atoms with Crippen molar-refractivity contribution in [2.24, 2.45) is 0 Å². The Balaban J connectivity index is 1.46. The fourth-order valence-corrected chi connectivity index (χ4v) is 8.21. The van der Waals surface area contributed by atoms with E-state index in [1.54, 1.807) is 5.30 Å². The zero-order chi connectivity index (χ0) is 19.4. The average molecular weight is 406 g/mol. The molecule has 0 heterocycles. The third kappa shape index (κ3) is 6.55. The summed E-state index contributed by atoms with van der Waals surface area (Å²) in [7, 11) is -0.174. The van der Waals surface area contributed by atoms with Crippen molar-refractivity contribution in [2.75, 3.05) is 18.5 Å². The van der Waals surface area contributed by atoms with Gasteiger partial charge in [-0.2, -0.15) is 0 Å². The highest BCUT2D eigenvalue weighted by Gasteiger charge is 2.13. The van der Waals surface area contributed by atoms with Gasteiger partial charge in [-0.25, -0.2) is 0 Å². The van der Waals surface area contributed by atoms with E-state index in [1.165, 1.54) is 54.8 Å². The topological polar surface area (TPSA) is 0 Å². The fraction of sp³-hybridized carbons (Fsp3) is 0.308. The number of hydrogen-bond donors (Lipinski definition) is 0. The summed E-state index contributed by atoms with van der Waals surface area (Å²) in [5, 5.41) is 4.61. The van der Waals surface area contributed by atoms with Crippen molar-refractivity contribution in [3.63, 3.8) is 0 Å². The molecule has 0 aromatic heterocycles. The van der Waals surface area contributed by atoms with Crippen LogP contribution >= 0.6 is 15.8 Å². The predicted octanol–water partition coefficient (Wildman–Crippen LogP) is 6.51. The molecule has 0 aliphatic carbocycles. The standard InChI is InChI=1S/C26H32P2/c1-2-27(24-16-8-5-9-17-24)22-14-3-4-15-23-28(25-18-10-6-11-19-25)26-20-12-7-13-21-26/h5-13,16-21H,2-4,14-15,22-23H2,1H3. The van der Waals surface area contributed by atoms with Gasteiger partial charge in [-0.3, -0.25) is 0 Å². The molecule has 0 aliphatic rings. The molecule has 0 radical (unpaired) electrons. The second-order valence-electron chi connectivity index (χ2n) is 7.15. The lowest BCUT2D eigenvalue weighted by atomic mass is 10.2. The van der Waals surface area contributed by atoms with Crippen LogP contribution in [0.25, 0.3) is 0 Å². The molecule has 0 aliphatic heterocycles. The van der Waals surface area contributed by atoms with Gasteiger partial charge in [0.2, 0.25) is 0 Å². The summed E-state index contributed by atoms with van der Waals surface area (Å²) in [5.41, 5.74) is 0. The van der Waals surface area contributed by atoms with Gasteiger partial charge in [0.25, 0.3) is 0 Å². The molecule has 0 nitrogen and oxygen atoms in total. The molecular formula is C26H32P2. The summed E-state index contributed by atoms with van der Waals surface area (Å²) >= 11 is 0. The van der Waals surface area contributed by atoms with Crippen molar-refractivity contribution in [3.05, 3.63) is 91.0 Å². The Hall–Kier alpha value is -1.48. The van der Waals surface area contributed by atoms with Gasteiger partial charge in [0.15, 0.2) is 0 Å². The van der Waals surface area contributed by atoms with Crippen LogP contribution in [-0.2, 0) is 0 Å². The molecule has 3 aromatic carbocycles. The molecule has 3 rings (SSSR count). The minimum absolute atomic E-state index is 0.0449. The summed E-state index contributed by atoms with van der Waals surface area (Å²) in [5.74, 6) is 0. The van der Waals surface area contributed by atoms with E-state index in [0.29, 0.717) is 0 Å². The van der Waals surface area contributed by atoms with Gasteiger partial charge in [-0.15, -0.1) is 0 Å². The first-order valence-electron chi connectivity index (χ1n) is 10.6. The van der Waals surface area contributed by atoms with Crippen LogP contribution in [0.2, 0.25) is 0 Å². The Morgan fingerprint density at radius 3 is 1.39 bits per heavy atom. The molecule has 2 heteroatoms. The van der Waals surface area contributed by atoms with E-state index < -0.39 is 0 Å².